The summed E-state index contributed by atoms with van der Waals surface area (Å²) >= 11 is 8.33. The van der Waals surface area contributed by atoms with Crippen molar-refractivity contribution >= 4 is 71.4 Å². The van der Waals surface area contributed by atoms with E-state index in [-0.39, 0.29) is 5.91 Å². The molecule has 0 aliphatic carbocycles. The molecule has 3 N–H and O–H groups in total. The third-order valence-corrected chi connectivity index (χ3v) is 6.97. The highest BCUT2D eigenvalue weighted by Gasteiger charge is 2.18. The van der Waals surface area contributed by atoms with Crippen molar-refractivity contribution < 1.29 is 9.53 Å². The van der Waals surface area contributed by atoms with Crippen LogP contribution in [0.5, 0.6) is 5.75 Å². The largest absolute Gasteiger partial charge is 0.487 e. The van der Waals surface area contributed by atoms with Crippen molar-refractivity contribution in [1.29, 1.82) is 0 Å². The number of rotatable bonds is 6. The molecule has 2 heterocycles. The number of halogens is 2. The third kappa shape index (κ3) is 4.82. The van der Waals surface area contributed by atoms with Gasteiger partial charge in [-0.3, -0.25) is 4.79 Å². The summed E-state index contributed by atoms with van der Waals surface area (Å²) in [7, 11) is 0. The van der Waals surface area contributed by atoms with Gasteiger partial charge in [0.2, 0.25) is 0 Å². The van der Waals surface area contributed by atoms with Gasteiger partial charge in [0, 0.05) is 0 Å². The molecule has 0 spiro atoms. The highest BCUT2D eigenvalue weighted by molar-refractivity contribution is 9.11. The van der Waals surface area contributed by atoms with Crippen LogP contribution in [0.1, 0.15) is 26.4 Å². The van der Waals surface area contributed by atoms with Crippen molar-refractivity contribution in [3.63, 3.8) is 0 Å². The Kier molecular flexibility index (Phi) is 6.83. The van der Waals surface area contributed by atoms with Gasteiger partial charge in [-0.05, 0) is 67.6 Å². The highest BCUT2D eigenvalue weighted by atomic mass is 79.9. The van der Waals surface area contributed by atoms with Gasteiger partial charge in [-0.25, -0.2) is 15.4 Å². The van der Waals surface area contributed by atoms with Gasteiger partial charge in [0.05, 0.1) is 25.4 Å². The molecular formula is C22H17Br2N5O2S. The summed E-state index contributed by atoms with van der Waals surface area (Å²) in [4.78, 5) is 21.9. The number of aromatic nitrogens is 2. The number of anilines is 1. The van der Waals surface area contributed by atoms with Crippen LogP contribution in [0.2, 0.25) is 0 Å². The minimum atomic E-state index is -0.331. The summed E-state index contributed by atoms with van der Waals surface area (Å²) in [5.74, 6) is 0.715. The second kappa shape index (κ2) is 9.76. The molecule has 0 saturated heterocycles. The van der Waals surface area contributed by atoms with Crippen molar-refractivity contribution in [2.24, 2.45) is 5.10 Å². The molecule has 10 heteroatoms. The average Bonchev–Trinajstić information content (AvgIpc) is 3.11. The number of ether oxygens (including phenoxy) is 1. The lowest BCUT2D eigenvalue weighted by molar-refractivity contribution is 0.0958. The normalized spacial score (nSPS) is 11.2. The SMILES string of the molecule is Cc1c(C(=O)N/N=C\c2cc(Br)c(OCc3ccccc3)c(Br)c2)sc2ncnc(N)c12. The number of hydrogen-bond donors (Lipinski definition) is 2. The first-order valence-electron chi connectivity index (χ1n) is 9.42. The molecule has 0 unspecified atom stereocenters. The third-order valence-electron chi connectivity index (χ3n) is 4.59. The molecule has 4 rings (SSSR count). The van der Waals surface area contributed by atoms with E-state index >= 15 is 0 Å². The van der Waals surface area contributed by atoms with Crippen molar-refractivity contribution in [3.8, 4) is 5.75 Å². The van der Waals surface area contributed by atoms with Gasteiger partial charge in [-0.1, -0.05) is 30.3 Å². The minimum absolute atomic E-state index is 0.331. The number of hydrogen-bond acceptors (Lipinski definition) is 7. The summed E-state index contributed by atoms with van der Waals surface area (Å²) in [6, 6.07) is 13.6. The lowest BCUT2D eigenvalue weighted by Crippen LogP contribution is -2.17. The Bertz CT molecular complexity index is 1300. The first kappa shape index (κ1) is 22.4. The number of nitrogens with zero attached hydrogens (tertiary/aromatic N) is 3. The van der Waals surface area contributed by atoms with Crippen molar-refractivity contribution in [2.45, 2.75) is 13.5 Å². The van der Waals surface area contributed by atoms with E-state index in [9.17, 15) is 4.79 Å². The zero-order valence-electron chi connectivity index (χ0n) is 16.8. The van der Waals surface area contributed by atoms with Crippen LogP contribution in [-0.2, 0) is 6.61 Å². The molecule has 0 bridgehead atoms. The number of aryl methyl sites for hydroxylation is 1. The Hall–Kier alpha value is -2.82. The zero-order chi connectivity index (χ0) is 22.7. The Morgan fingerprint density at radius 2 is 1.94 bits per heavy atom. The molecular weight excluding hydrogens is 558 g/mol. The minimum Gasteiger partial charge on any atom is -0.487 e. The first-order chi connectivity index (χ1) is 15.4. The van der Waals surface area contributed by atoms with E-state index in [0.717, 1.165) is 25.6 Å². The maximum Gasteiger partial charge on any atom is 0.281 e. The summed E-state index contributed by atoms with van der Waals surface area (Å²) in [6.07, 6.45) is 2.95. The van der Waals surface area contributed by atoms with Gasteiger partial charge in [0.15, 0.2) is 0 Å². The molecule has 2 aromatic carbocycles. The number of amides is 1. The number of nitrogens with one attached hydrogen (secondary N) is 1. The maximum absolute atomic E-state index is 12.6. The van der Waals surface area contributed by atoms with Crippen LogP contribution in [-0.4, -0.2) is 22.1 Å². The molecule has 0 aliphatic heterocycles. The lowest BCUT2D eigenvalue weighted by Gasteiger charge is -2.11. The number of thiophene rings is 1. The molecule has 32 heavy (non-hydrogen) atoms. The fourth-order valence-electron chi connectivity index (χ4n) is 3.05. The Labute approximate surface area is 205 Å². The van der Waals surface area contributed by atoms with Crippen LogP contribution in [0.15, 0.2) is 62.8 Å². The maximum atomic E-state index is 12.6. The number of hydrazone groups is 1. The molecule has 0 radical (unpaired) electrons. The molecule has 7 nitrogen and oxygen atoms in total. The number of nitrogens with two attached hydrogens (primary N) is 1. The van der Waals surface area contributed by atoms with Gasteiger partial charge < -0.3 is 10.5 Å². The summed E-state index contributed by atoms with van der Waals surface area (Å²) in [6.45, 7) is 2.27. The van der Waals surface area contributed by atoms with Gasteiger partial charge >= 0.3 is 0 Å². The van der Waals surface area contributed by atoms with Gasteiger partial charge in [0.25, 0.3) is 5.91 Å². The van der Waals surface area contributed by atoms with Gasteiger partial charge in [-0.15, -0.1) is 11.3 Å². The first-order valence-corrected chi connectivity index (χ1v) is 11.8. The van der Waals surface area contributed by atoms with E-state index in [1.165, 1.54) is 17.7 Å². The second-order valence-electron chi connectivity index (χ2n) is 6.78. The molecule has 4 aromatic rings. The van der Waals surface area contributed by atoms with Crippen LogP contribution in [0.25, 0.3) is 10.2 Å². The fourth-order valence-corrected chi connectivity index (χ4v) is 5.55. The monoisotopic (exact) mass is 573 g/mol. The van der Waals surface area contributed by atoms with Crippen LogP contribution in [0.3, 0.4) is 0 Å². The van der Waals surface area contributed by atoms with Crippen molar-refractivity contribution in [3.05, 3.63) is 79.3 Å². The number of nitrogen functional groups attached to an aromatic ring is 1. The Morgan fingerprint density at radius 1 is 1.22 bits per heavy atom. The highest BCUT2D eigenvalue weighted by Crippen LogP contribution is 2.35. The lowest BCUT2D eigenvalue weighted by atomic mass is 10.2. The topological polar surface area (TPSA) is 102 Å². The van der Waals surface area contributed by atoms with E-state index in [1.807, 2.05) is 49.4 Å². The number of carbonyl (C=O) groups is 1. The standard InChI is InChI=1S/C22H17Br2N5O2S/c1-12-17-20(25)26-11-27-22(17)32-19(12)21(30)29-28-9-14-7-15(23)18(16(24)8-14)31-10-13-5-3-2-4-6-13/h2-9,11H,10H2,1H3,(H,29,30)(H2,25,26,27)/b28-9-. The second-order valence-corrected chi connectivity index (χ2v) is 9.49. The Balaban J connectivity index is 1.45. The van der Waals surface area contributed by atoms with E-state index in [4.69, 9.17) is 10.5 Å². The van der Waals surface area contributed by atoms with E-state index in [2.05, 4.69) is 52.4 Å². The van der Waals surface area contributed by atoms with Gasteiger partial charge in [0.1, 0.15) is 29.3 Å². The smallest absolute Gasteiger partial charge is 0.281 e. The number of fused-ring (bicyclic) bond motifs is 1. The molecule has 2 aromatic heterocycles. The van der Waals surface area contributed by atoms with Crippen molar-refractivity contribution in [2.75, 3.05) is 5.73 Å². The molecule has 0 fully saturated rings. The molecule has 0 atom stereocenters. The van der Waals surface area contributed by atoms with E-state index in [0.29, 0.717) is 33.3 Å². The number of benzene rings is 2. The molecule has 0 saturated carbocycles. The van der Waals surface area contributed by atoms with Gasteiger partial charge in [-0.2, -0.15) is 5.10 Å². The van der Waals surface area contributed by atoms with Crippen LogP contribution < -0.4 is 15.9 Å². The quantitative estimate of drug-likeness (QED) is 0.235. The Morgan fingerprint density at radius 3 is 2.62 bits per heavy atom. The van der Waals surface area contributed by atoms with Crippen LogP contribution >= 0.6 is 43.2 Å². The zero-order valence-corrected chi connectivity index (χ0v) is 20.8. The number of carbonyl (C=O) groups excluding carboxylic acids is 1. The van der Waals surface area contributed by atoms with E-state index < -0.39 is 0 Å². The predicted molar refractivity (Wildman–Crippen MR) is 134 cm³/mol. The summed E-state index contributed by atoms with van der Waals surface area (Å²) in [5.41, 5.74) is 11.1. The summed E-state index contributed by atoms with van der Waals surface area (Å²) in [5, 5.41) is 4.79. The molecule has 162 valence electrons. The van der Waals surface area contributed by atoms with E-state index in [1.54, 1.807) is 6.21 Å². The average molecular weight is 575 g/mol. The van der Waals surface area contributed by atoms with Crippen LogP contribution in [0.4, 0.5) is 5.82 Å². The molecule has 0 aliphatic rings. The summed E-state index contributed by atoms with van der Waals surface area (Å²) < 4.78 is 7.47. The van der Waals surface area contributed by atoms with Crippen molar-refractivity contribution in [1.82, 2.24) is 15.4 Å². The van der Waals surface area contributed by atoms with Crippen LogP contribution in [0, 0.1) is 6.92 Å². The predicted octanol–water partition coefficient (Wildman–Crippen LogP) is 5.45. The molecule has 1 amide bonds. The fraction of sp³-hybridized carbons (Fsp3) is 0.0909.